The Bertz CT molecular complexity index is 1210. The van der Waals surface area contributed by atoms with E-state index in [9.17, 15) is 27.5 Å². The minimum Gasteiger partial charge on any atom is -0.466 e. The Labute approximate surface area is 188 Å². The number of ether oxygens (including phenoxy) is 1. The smallest absolute Gasteiger partial charge is 0.306 e. The lowest BCUT2D eigenvalue weighted by molar-refractivity contribution is -0.585. The average Bonchev–Trinajstić information content (AvgIpc) is 3.20. The van der Waals surface area contributed by atoms with E-state index in [1.165, 1.54) is 24.3 Å². The minimum absolute atomic E-state index is 0.0529. The van der Waals surface area contributed by atoms with Crippen LogP contribution < -0.4 is 4.31 Å². The Morgan fingerprint density at radius 2 is 1.91 bits per heavy atom. The van der Waals surface area contributed by atoms with Crippen LogP contribution >= 0.6 is 0 Å². The lowest BCUT2D eigenvalue weighted by Gasteiger charge is -2.28. The molecule has 0 amide bonds. The van der Waals surface area contributed by atoms with Crippen molar-refractivity contribution in [3.63, 3.8) is 0 Å². The highest BCUT2D eigenvalue weighted by Crippen LogP contribution is 2.57. The van der Waals surface area contributed by atoms with E-state index in [0.717, 1.165) is 9.87 Å². The molecule has 4 rings (SSSR count). The normalized spacial score (nSPS) is 26.4. The Morgan fingerprint density at radius 3 is 2.53 bits per heavy atom. The van der Waals surface area contributed by atoms with Crippen LogP contribution in [0.3, 0.4) is 0 Å². The maximum atomic E-state index is 13.7. The summed E-state index contributed by atoms with van der Waals surface area (Å²) in [4.78, 5) is 24.2. The molecule has 0 bridgehead atoms. The van der Waals surface area contributed by atoms with E-state index in [1.54, 1.807) is 31.2 Å². The molecule has 0 N–H and O–H groups in total. The number of hydrogen-bond donors (Lipinski definition) is 0. The fourth-order valence-electron chi connectivity index (χ4n) is 4.64. The molecule has 11 heteroatoms. The van der Waals surface area contributed by atoms with Gasteiger partial charge in [-0.1, -0.05) is 29.8 Å². The highest BCUT2D eigenvalue weighted by atomic mass is 32.2. The molecule has 0 saturated carbocycles. The topological polar surface area (TPSA) is 124 Å². The van der Waals surface area contributed by atoms with Gasteiger partial charge >= 0.3 is 5.97 Å². The lowest BCUT2D eigenvalue weighted by Crippen LogP contribution is -2.52. The van der Waals surface area contributed by atoms with Gasteiger partial charge in [-0.25, -0.2) is 12.7 Å². The van der Waals surface area contributed by atoms with E-state index < -0.39 is 48.5 Å². The summed E-state index contributed by atoms with van der Waals surface area (Å²) in [5, 5.41) is 11.1. The molecular weight excluding hydrogens is 456 g/mol. The van der Waals surface area contributed by atoms with Gasteiger partial charge in [-0.2, -0.15) is 0 Å². The molecule has 0 aromatic heterocycles. The SMILES string of the molecule is CCOC(=O)C[C@H]1CS(=O)[C@H]2N(S(=O)(=O)c3ccc(C)cc3)c3ccccc3[C@@]12[N+](=O)[O-]. The van der Waals surface area contributed by atoms with Crippen LogP contribution in [0.5, 0.6) is 0 Å². The predicted molar refractivity (Wildman–Crippen MR) is 117 cm³/mol. The number of benzene rings is 2. The summed E-state index contributed by atoms with van der Waals surface area (Å²) in [5.74, 6) is -1.81. The van der Waals surface area contributed by atoms with Crippen LogP contribution in [0.15, 0.2) is 53.4 Å². The van der Waals surface area contributed by atoms with Gasteiger partial charge < -0.3 is 4.74 Å². The van der Waals surface area contributed by atoms with Gasteiger partial charge in [0.25, 0.3) is 15.6 Å². The molecule has 170 valence electrons. The first kappa shape index (κ1) is 22.4. The van der Waals surface area contributed by atoms with E-state index in [2.05, 4.69) is 0 Å². The van der Waals surface area contributed by atoms with Crippen molar-refractivity contribution in [2.24, 2.45) is 5.92 Å². The monoisotopic (exact) mass is 478 g/mol. The van der Waals surface area contributed by atoms with E-state index in [4.69, 9.17) is 4.74 Å². The molecule has 2 heterocycles. The molecular formula is C21H22N2O7S2. The Morgan fingerprint density at radius 1 is 1.25 bits per heavy atom. The van der Waals surface area contributed by atoms with Gasteiger partial charge in [0.1, 0.15) is 0 Å². The predicted octanol–water partition coefficient (Wildman–Crippen LogP) is 2.33. The molecule has 1 fully saturated rings. The fraction of sp³-hybridized carbons (Fsp3) is 0.381. The van der Waals surface area contributed by atoms with Crippen molar-refractivity contribution in [1.29, 1.82) is 0 Å². The first-order valence-corrected chi connectivity index (χ1v) is 12.9. The highest BCUT2D eigenvalue weighted by molar-refractivity contribution is 7.94. The maximum absolute atomic E-state index is 13.7. The number of hydrogen-bond acceptors (Lipinski definition) is 7. The zero-order chi connectivity index (χ0) is 23.3. The summed E-state index contributed by atoms with van der Waals surface area (Å²) >= 11 is 0. The lowest BCUT2D eigenvalue weighted by atomic mass is 9.79. The van der Waals surface area contributed by atoms with Crippen LogP contribution in [0.4, 0.5) is 5.69 Å². The van der Waals surface area contributed by atoms with Crippen molar-refractivity contribution >= 4 is 32.5 Å². The molecule has 2 aromatic carbocycles. The number of sulfonamides is 1. The third-order valence-electron chi connectivity index (χ3n) is 6.00. The second-order valence-corrected chi connectivity index (χ2v) is 11.2. The minimum atomic E-state index is -4.27. The number of fused-ring (bicyclic) bond motifs is 3. The molecule has 4 atom stereocenters. The standard InChI is InChI=1S/C21H22N2O7S2/c1-3-30-19(24)12-15-13-31(27)20-21(15,23(25)26)17-6-4-5-7-18(17)22(20)32(28,29)16-10-8-14(2)9-11-16/h4-11,15,20H,3,12-13H2,1-2H3/t15-,20+,21-,31?/m0/s1. The van der Waals surface area contributed by atoms with E-state index in [0.29, 0.717) is 0 Å². The summed E-state index contributed by atoms with van der Waals surface area (Å²) in [6.07, 6.45) is -0.330. The number of anilines is 1. The Kier molecular flexibility index (Phi) is 5.58. The zero-order valence-electron chi connectivity index (χ0n) is 17.5. The number of carbonyl (C=O) groups is 1. The largest absolute Gasteiger partial charge is 0.466 e. The number of nitrogens with zero attached hydrogens (tertiary/aromatic N) is 2. The summed E-state index contributed by atoms with van der Waals surface area (Å²) < 4.78 is 46.5. The van der Waals surface area contributed by atoms with Crippen LogP contribution in [0.1, 0.15) is 24.5 Å². The molecule has 2 aromatic rings. The highest BCUT2D eigenvalue weighted by Gasteiger charge is 2.74. The van der Waals surface area contributed by atoms with Gasteiger partial charge in [0.05, 0.1) is 45.9 Å². The van der Waals surface area contributed by atoms with E-state index in [-0.39, 0.29) is 34.9 Å². The number of aryl methyl sites for hydroxylation is 1. The number of esters is 1. The molecule has 1 unspecified atom stereocenters. The summed E-state index contributed by atoms with van der Waals surface area (Å²) in [5.41, 5.74) is -0.918. The van der Waals surface area contributed by atoms with Crippen molar-refractivity contribution in [3.8, 4) is 0 Å². The number of carbonyl (C=O) groups excluding carboxylic acids is 1. The van der Waals surface area contributed by atoms with Crippen molar-refractivity contribution in [2.45, 2.75) is 36.1 Å². The van der Waals surface area contributed by atoms with Crippen molar-refractivity contribution < 1.29 is 27.1 Å². The van der Waals surface area contributed by atoms with Crippen molar-refractivity contribution in [3.05, 3.63) is 69.8 Å². The van der Waals surface area contributed by atoms with Gasteiger partial charge in [0.2, 0.25) is 0 Å². The van der Waals surface area contributed by atoms with E-state index in [1.807, 2.05) is 6.92 Å². The maximum Gasteiger partial charge on any atom is 0.306 e. The van der Waals surface area contributed by atoms with Gasteiger partial charge in [-0.05, 0) is 38.1 Å². The summed E-state index contributed by atoms with van der Waals surface area (Å²) in [7, 11) is -6.19. The van der Waals surface area contributed by atoms with Gasteiger partial charge in [0.15, 0.2) is 5.37 Å². The molecule has 9 nitrogen and oxygen atoms in total. The third kappa shape index (κ3) is 3.14. The van der Waals surface area contributed by atoms with Crippen LogP contribution in [-0.4, -0.2) is 41.3 Å². The fourth-order valence-corrected chi connectivity index (χ4v) is 8.89. The number of para-hydroxylation sites is 1. The molecule has 1 saturated heterocycles. The summed E-state index contributed by atoms with van der Waals surface area (Å²) in [6, 6.07) is 12.2. The number of nitro groups is 1. The second-order valence-electron chi connectivity index (χ2n) is 7.82. The van der Waals surface area contributed by atoms with Crippen LogP contribution in [0.2, 0.25) is 0 Å². The van der Waals surface area contributed by atoms with E-state index >= 15 is 0 Å². The van der Waals surface area contributed by atoms with Gasteiger partial charge in [-0.15, -0.1) is 0 Å². The molecule has 2 aliphatic rings. The molecule has 0 radical (unpaired) electrons. The quantitative estimate of drug-likeness (QED) is 0.355. The average molecular weight is 479 g/mol. The first-order valence-electron chi connectivity index (χ1n) is 10.0. The van der Waals surface area contributed by atoms with Crippen LogP contribution in [0, 0.1) is 23.0 Å². The van der Waals surface area contributed by atoms with Crippen LogP contribution in [0.25, 0.3) is 0 Å². The van der Waals surface area contributed by atoms with Crippen molar-refractivity contribution in [2.75, 3.05) is 16.7 Å². The summed E-state index contributed by atoms with van der Waals surface area (Å²) in [6.45, 7) is 3.54. The molecule has 0 aliphatic carbocycles. The Balaban J connectivity index is 1.93. The van der Waals surface area contributed by atoms with Crippen LogP contribution in [-0.2, 0) is 35.9 Å². The molecule has 2 aliphatic heterocycles. The molecule has 32 heavy (non-hydrogen) atoms. The van der Waals surface area contributed by atoms with Crippen molar-refractivity contribution in [1.82, 2.24) is 0 Å². The molecule has 0 spiro atoms. The van der Waals surface area contributed by atoms with Gasteiger partial charge in [0, 0.05) is 10.7 Å². The van der Waals surface area contributed by atoms with Gasteiger partial charge in [-0.3, -0.25) is 19.1 Å². The third-order valence-corrected chi connectivity index (χ3v) is 9.72. The number of rotatable bonds is 6. The Hall–Kier alpha value is -2.79. The zero-order valence-corrected chi connectivity index (χ0v) is 19.1. The first-order chi connectivity index (χ1) is 15.1. The second kappa shape index (κ2) is 7.96.